The van der Waals surface area contributed by atoms with Crippen molar-refractivity contribution in [2.75, 3.05) is 7.11 Å². The van der Waals surface area contributed by atoms with E-state index < -0.39 is 0 Å². The van der Waals surface area contributed by atoms with E-state index in [-0.39, 0.29) is 0 Å². The number of hydrogen-bond donors (Lipinski definition) is 0. The van der Waals surface area contributed by atoms with Crippen LogP contribution in [0.15, 0.2) is 22.9 Å². The van der Waals surface area contributed by atoms with Crippen molar-refractivity contribution in [3.05, 3.63) is 26.6 Å². The molecule has 2 heterocycles. The summed E-state index contributed by atoms with van der Waals surface area (Å²) >= 11 is 5.65. The summed E-state index contributed by atoms with van der Waals surface area (Å²) in [5.41, 5.74) is 0.893. The molecule has 68 valence electrons. The van der Waals surface area contributed by atoms with Gasteiger partial charge in [-0.15, -0.1) is 0 Å². The summed E-state index contributed by atoms with van der Waals surface area (Å²) in [6.07, 6.45) is 3.77. The van der Waals surface area contributed by atoms with Crippen molar-refractivity contribution >= 4 is 44.2 Å². The summed E-state index contributed by atoms with van der Waals surface area (Å²) in [5.74, 6) is 0.800. The smallest absolute Gasteiger partial charge is 0.141 e. The van der Waals surface area contributed by atoms with Crippen molar-refractivity contribution in [1.29, 1.82) is 0 Å². The molecule has 3 nitrogen and oxygen atoms in total. The first-order valence-electron chi connectivity index (χ1n) is 3.58. The molecule has 0 aliphatic heterocycles. The molecule has 0 radical (unpaired) electrons. The fourth-order valence-corrected chi connectivity index (χ4v) is 2.11. The van der Waals surface area contributed by atoms with Crippen LogP contribution in [0.1, 0.15) is 0 Å². The molecule has 2 rings (SSSR count). The standard InChI is InChI=1S/C8H6BrIN2O/c1-13-6-2-8-11-3-7(10)12(8)4-5(6)9/h2-4H,1H3. The monoisotopic (exact) mass is 352 g/mol. The summed E-state index contributed by atoms with van der Waals surface area (Å²) in [6, 6.07) is 1.90. The Labute approximate surface area is 97.4 Å². The molecule has 0 aromatic carbocycles. The Hall–Kier alpha value is -0.300. The normalized spacial score (nSPS) is 10.7. The van der Waals surface area contributed by atoms with Crippen LogP contribution in [0.3, 0.4) is 0 Å². The lowest BCUT2D eigenvalue weighted by atomic mass is 10.4. The fraction of sp³-hybridized carbons (Fsp3) is 0.125. The number of ether oxygens (including phenoxy) is 1. The van der Waals surface area contributed by atoms with E-state index in [2.05, 4.69) is 43.5 Å². The zero-order valence-electron chi connectivity index (χ0n) is 6.79. The minimum Gasteiger partial charge on any atom is -0.495 e. The number of pyridine rings is 1. The predicted molar refractivity (Wildman–Crippen MR) is 62.2 cm³/mol. The van der Waals surface area contributed by atoms with Crippen molar-refractivity contribution in [2.24, 2.45) is 0 Å². The molecule has 0 aliphatic rings. The summed E-state index contributed by atoms with van der Waals surface area (Å²) in [5, 5.41) is 0. The molecule has 0 atom stereocenters. The lowest BCUT2D eigenvalue weighted by Gasteiger charge is -2.03. The van der Waals surface area contributed by atoms with Crippen molar-refractivity contribution in [2.45, 2.75) is 0 Å². The summed E-state index contributed by atoms with van der Waals surface area (Å²) < 4.78 is 9.16. The van der Waals surface area contributed by atoms with Gasteiger partial charge in [-0.1, -0.05) is 0 Å². The zero-order chi connectivity index (χ0) is 9.42. The number of hydrogen-bond acceptors (Lipinski definition) is 2. The lowest BCUT2D eigenvalue weighted by molar-refractivity contribution is 0.412. The molecule has 0 amide bonds. The zero-order valence-corrected chi connectivity index (χ0v) is 10.5. The van der Waals surface area contributed by atoms with E-state index in [1.807, 2.05) is 22.9 Å². The topological polar surface area (TPSA) is 26.5 Å². The molecule has 0 saturated heterocycles. The van der Waals surface area contributed by atoms with Crippen LogP contribution in [0.4, 0.5) is 0 Å². The van der Waals surface area contributed by atoms with Gasteiger partial charge in [-0.25, -0.2) is 4.98 Å². The Bertz CT molecular complexity index is 455. The SMILES string of the molecule is COc1cc2ncc(I)n2cc1Br. The first kappa shape index (κ1) is 9.26. The van der Waals surface area contributed by atoms with Gasteiger partial charge in [0.25, 0.3) is 0 Å². The first-order chi connectivity index (χ1) is 6.22. The van der Waals surface area contributed by atoms with Gasteiger partial charge < -0.3 is 4.74 Å². The average Bonchev–Trinajstić information content (AvgIpc) is 2.47. The van der Waals surface area contributed by atoms with Gasteiger partial charge in [0.1, 0.15) is 15.1 Å². The summed E-state index contributed by atoms with van der Waals surface area (Å²) in [6.45, 7) is 0. The Morgan fingerprint density at radius 1 is 1.62 bits per heavy atom. The summed E-state index contributed by atoms with van der Waals surface area (Å²) in [4.78, 5) is 4.22. The predicted octanol–water partition coefficient (Wildman–Crippen LogP) is 2.71. The maximum absolute atomic E-state index is 5.16. The average molecular weight is 353 g/mol. The number of halogens is 2. The number of methoxy groups -OCH3 is 1. The van der Waals surface area contributed by atoms with E-state index in [0.717, 1.165) is 19.6 Å². The van der Waals surface area contributed by atoms with Crippen LogP contribution >= 0.6 is 38.5 Å². The first-order valence-corrected chi connectivity index (χ1v) is 5.45. The molecule has 0 spiro atoms. The second-order valence-corrected chi connectivity index (χ2v) is 4.46. The van der Waals surface area contributed by atoms with Gasteiger partial charge in [0.05, 0.1) is 17.8 Å². The van der Waals surface area contributed by atoms with Gasteiger partial charge >= 0.3 is 0 Å². The van der Waals surface area contributed by atoms with Crippen LogP contribution in [-0.4, -0.2) is 16.5 Å². The third kappa shape index (κ3) is 1.54. The molecule has 0 aliphatic carbocycles. The van der Waals surface area contributed by atoms with Gasteiger partial charge in [-0.2, -0.15) is 0 Å². The highest BCUT2D eigenvalue weighted by Crippen LogP contribution is 2.26. The second-order valence-electron chi connectivity index (χ2n) is 2.50. The molecular weight excluding hydrogens is 347 g/mol. The quantitative estimate of drug-likeness (QED) is 0.738. The Balaban J connectivity index is 2.76. The molecule has 2 aromatic heterocycles. The third-order valence-corrected chi connectivity index (χ3v) is 3.13. The Morgan fingerprint density at radius 3 is 3.08 bits per heavy atom. The van der Waals surface area contributed by atoms with Crippen molar-refractivity contribution < 1.29 is 4.74 Å². The highest BCUT2D eigenvalue weighted by atomic mass is 127. The maximum Gasteiger partial charge on any atom is 0.141 e. The number of rotatable bonds is 1. The molecular formula is C8H6BrIN2O. The molecule has 5 heteroatoms. The van der Waals surface area contributed by atoms with Crippen molar-refractivity contribution in [3.63, 3.8) is 0 Å². The molecule has 0 N–H and O–H groups in total. The molecule has 13 heavy (non-hydrogen) atoms. The van der Waals surface area contributed by atoms with Crippen LogP contribution in [0.2, 0.25) is 0 Å². The highest BCUT2D eigenvalue weighted by molar-refractivity contribution is 14.1. The van der Waals surface area contributed by atoms with E-state index >= 15 is 0 Å². The van der Waals surface area contributed by atoms with Crippen LogP contribution in [0.5, 0.6) is 5.75 Å². The van der Waals surface area contributed by atoms with Crippen LogP contribution in [0, 0.1) is 3.70 Å². The second kappa shape index (κ2) is 3.45. The van der Waals surface area contributed by atoms with E-state index in [4.69, 9.17) is 4.74 Å². The van der Waals surface area contributed by atoms with Gasteiger partial charge in [0, 0.05) is 12.3 Å². The Kier molecular flexibility index (Phi) is 2.46. The minimum atomic E-state index is 0.800. The van der Waals surface area contributed by atoms with E-state index in [1.165, 1.54) is 0 Å². The fourth-order valence-electron chi connectivity index (χ4n) is 1.11. The van der Waals surface area contributed by atoms with Crippen LogP contribution < -0.4 is 4.74 Å². The molecule has 0 bridgehead atoms. The maximum atomic E-state index is 5.16. The number of nitrogens with zero attached hydrogens (tertiary/aromatic N) is 2. The van der Waals surface area contributed by atoms with Crippen LogP contribution in [0.25, 0.3) is 5.65 Å². The highest BCUT2D eigenvalue weighted by Gasteiger charge is 2.05. The minimum absolute atomic E-state index is 0.800. The number of aromatic nitrogens is 2. The molecule has 0 unspecified atom stereocenters. The van der Waals surface area contributed by atoms with Gasteiger partial charge in [-0.05, 0) is 38.5 Å². The Morgan fingerprint density at radius 2 is 2.38 bits per heavy atom. The van der Waals surface area contributed by atoms with Gasteiger partial charge in [0.2, 0.25) is 0 Å². The molecule has 0 fully saturated rings. The third-order valence-electron chi connectivity index (χ3n) is 1.74. The molecule has 2 aromatic rings. The summed E-state index contributed by atoms with van der Waals surface area (Å²) in [7, 11) is 1.64. The number of imidazole rings is 1. The van der Waals surface area contributed by atoms with Crippen molar-refractivity contribution in [3.8, 4) is 5.75 Å². The van der Waals surface area contributed by atoms with E-state index in [0.29, 0.717) is 0 Å². The lowest BCUT2D eigenvalue weighted by Crippen LogP contribution is -1.91. The van der Waals surface area contributed by atoms with Gasteiger partial charge in [0.15, 0.2) is 0 Å². The van der Waals surface area contributed by atoms with Crippen LogP contribution in [-0.2, 0) is 0 Å². The van der Waals surface area contributed by atoms with E-state index in [1.54, 1.807) is 7.11 Å². The van der Waals surface area contributed by atoms with Crippen molar-refractivity contribution in [1.82, 2.24) is 9.38 Å². The van der Waals surface area contributed by atoms with E-state index in [9.17, 15) is 0 Å². The molecule has 0 saturated carbocycles. The largest absolute Gasteiger partial charge is 0.495 e. The van der Waals surface area contributed by atoms with Gasteiger partial charge in [-0.3, -0.25) is 4.40 Å². The number of fused-ring (bicyclic) bond motifs is 1.